The lowest BCUT2D eigenvalue weighted by molar-refractivity contribution is -0.00884. The molecular weight excluding hydrogens is 277 g/mol. The van der Waals surface area contributed by atoms with E-state index in [2.05, 4.69) is 38.0 Å². The van der Waals surface area contributed by atoms with Crippen LogP contribution in [-0.4, -0.2) is 15.0 Å². The van der Waals surface area contributed by atoms with Crippen LogP contribution in [0.5, 0.6) is 0 Å². The van der Waals surface area contributed by atoms with Gasteiger partial charge in [-0.05, 0) is 52.4 Å². The van der Waals surface area contributed by atoms with Crippen LogP contribution in [0.2, 0.25) is 0 Å². The van der Waals surface area contributed by atoms with Crippen molar-refractivity contribution < 1.29 is 4.39 Å². The molecule has 0 saturated heterocycles. The van der Waals surface area contributed by atoms with Gasteiger partial charge in [0.1, 0.15) is 5.69 Å². The van der Waals surface area contributed by atoms with Crippen molar-refractivity contribution in [2.75, 3.05) is 0 Å². The average molecular weight is 309 g/mol. The summed E-state index contributed by atoms with van der Waals surface area (Å²) in [5, 5.41) is 8.77. The summed E-state index contributed by atoms with van der Waals surface area (Å²) in [6.07, 6.45) is 6.32. The third-order valence-corrected chi connectivity index (χ3v) is 5.97. The molecule has 1 atom stereocenters. The van der Waals surface area contributed by atoms with E-state index in [1.165, 1.54) is 0 Å². The van der Waals surface area contributed by atoms with Gasteiger partial charge in [-0.3, -0.25) is 0 Å². The topological polar surface area (TPSA) is 30.7 Å². The molecule has 126 valence electrons. The third kappa shape index (κ3) is 2.69. The molecular formula is C18H32FN3. The highest BCUT2D eigenvalue weighted by Gasteiger charge is 2.50. The molecule has 22 heavy (non-hydrogen) atoms. The largest absolute Gasteiger partial charge is 0.243 e. The number of rotatable bonds is 4. The monoisotopic (exact) mass is 309 g/mol. The first-order valence-electron chi connectivity index (χ1n) is 8.84. The number of nitrogens with zero attached hydrogens (tertiary/aromatic N) is 3. The highest BCUT2D eigenvalue weighted by Crippen LogP contribution is 2.50. The van der Waals surface area contributed by atoms with E-state index in [1.807, 2.05) is 18.5 Å². The fourth-order valence-electron chi connectivity index (χ4n) is 3.37. The molecule has 1 aromatic heterocycles. The van der Waals surface area contributed by atoms with E-state index in [0.29, 0.717) is 12.1 Å². The molecule has 0 N–H and O–H groups in total. The molecule has 3 nitrogen and oxygen atoms in total. The van der Waals surface area contributed by atoms with Gasteiger partial charge in [0, 0.05) is 5.41 Å². The standard InChI is InChI=1S/C18H32FN3/c1-7-16(3,4)18(19)13-11-9-10-12-14-15(18)20-21-22(14)17(5,6)8-2/h7-13H2,1-6H3. The van der Waals surface area contributed by atoms with Gasteiger partial charge in [-0.25, -0.2) is 9.07 Å². The van der Waals surface area contributed by atoms with Gasteiger partial charge in [0.25, 0.3) is 0 Å². The van der Waals surface area contributed by atoms with Crippen molar-refractivity contribution in [3.63, 3.8) is 0 Å². The van der Waals surface area contributed by atoms with Gasteiger partial charge in [0.15, 0.2) is 5.67 Å². The van der Waals surface area contributed by atoms with Crippen LogP contribution in [-0.2, 0) is 17.6 Å². The van der Waals surface area contributed by atoms with E-state index in [4.69, 9.17) is 0 Å². The Morgan fingerprint density at radius 3 is 2.36 bits per heavy atom. The van der Waals surface area contributed by atoms with Gasteiger partial charge in [0.2, 0.25) is 0 Å². The van der Waals surface area contributed by atoms with Gasteiger partial charge >= 0.3 is 0 Å². The summed E-state index contributed by atoms with van der Waals surface area (Å²) < 4.78 is 18.2. The van der Waals surface area contributed by atoms with Gasteiger partial charge in [-0.2, -0.15) is 0 Å². The number of fused-ring (bicyclic) bond motifs is 1. The number of aromatic nitrogens is 3. The molecule has 0 fully saturated rings. The minimum Gasteiger partial charge on any atom is -0.243 e. The van der Waals surface area contributed by atoms with Gasteiger partial charge in [0.05, 0.1) is 11.2 Å². The zero-order chi connectivity index (χ0) is 16.6. The van der Waals surface area contributed by atoms with Crippen LogP contribution in [0.4, 0.5) is 4.39 Å². The molecule has 0 radical (unpaired) electrons. The highest BCUT2D eigenvalue weighted by atomic mass is 19.1. The van der Waals surface area contributed by atoms with Crippen LogP contribution >= 0.6 is 0 Å². The summed E-state index contributed by atoms with van der Waals surface area (Å²) in [5.41, 5.74) is -0.274. The summed E-state index contributed by atoms with van der Waals surface area (Å²) in [5.74, 6) is 0. The molecule has 0 spiro atoms. The molecule has 2 rings (SSSR count). The Hall–Kier alpha value is -0.930. The first kappa shape index (κ1) is 17.4. The van der Waals surface area contributed by atoms with Crippen molar-refractivity contribution >= 4 is 0 Å². The molecule has 0 aliphatic heterocycles. The number of hydrogen-bond acceptors (Lipinski definition) is 2. The van der Waals surface area contributed by atoms with Gasteiger partial charge in [-0.1, -0.05) is 39.3 Å². The van der Waals surface area contributed by atoms with E-state index < -0.39 is 11.1 Å². The normalized spacial score (nSPS) is 23.8. The second-order valence-corrected chi connectivity index (χ2v) is 8.06. The molecule has 0 bridgehead atoms. The predicted molar refractivity (Wildman–Crippen MR) is 88.7 cm³/mol. The SMILES string of the molecule is CCC(C)(C)n1nnc2c1CCCCCC2(F)C(C)(C)CC. The van der Waals surface area contributed by atoms with Gasteiger partial charge < -0.3 is 0 Å². The molecule has 4 heteroatoms. The van der Waals surface area contributed by atoms with E-state index in [1.54, 1.807) is 0 Å². The summed E-state index contributed by atoms with van der Waals surface area (Å²) >= 11 is 0. The van der Waals surface area contributed by atoms with Crippen LogP contribution in [0.3, 0.4) is 0 Å². The molecule has 0 amide bonds. The first-order chi connectivity index (χ1) is 10.2. The Balaban J connectivity index is 2.61. The minimum absolute atomic E-state index is 0.114. The molecule has 0 saturated carbocycles. The van der Waals surface area contributed by atoms with Crippen LogP contribution < -0.4 is 0 Å². The Morgan fingerprint density at radius 2 is 1.77 bits per heavy atom. The van der Waals surface area contributed by atoms with Crippen molar-refractivity contribution in [3.05, 3.63) is 11.4 Å². The third-order valence-electron chi connectivity index (χ3n) is 5.97. The van der Waals surface area contributed by atoms with E-state index in [0.717, 1.165) is 44.2 Å². The molecule has 1 heterocycles. The van der Waals surface area contributed by atoms with Crippen LogP contribution in [0, 0.1) is 5.41 Å². The Bertz CT molecular complexity index is 518. The number of alkyl halides is 1. The second-order valence-electron chi connectivity index (χ2n) is 8.06. The molecule has 1 unspecified atom stereocenters. The Kier molecular flexibility index (Phi) is 4.70. The summed E-state index contributed by atoms with van der Waals surface area (Å²) in [6, 6.07) is 0. The molecule has 1 aliphatic rings. The highest BCUT2D eigenvalue weighted by molar-refractivity contribution is 5.24. The minimum atomic E-state index is -1.38. The van der Waals surface area contributed by atoms with Crippen molar-refractivity contribution in [1.29, 1.82) is 0 Å². The average Bonchev–Trinajstić information content (AvgIpc) is 2.89. The summed E-state index contributed by atoms with van der Waals surface area (Å²) in [4.78, 5) is 0. The lowest BCUT2D eigenvalue weighted by Gasteiger charge is -2.40. The van der Waals surface area contributed by atoms with Gasteiger partial charge in [-0.15, -0.1) is 5.10 Å². The zero-order valence-corrected chi connectivity index (χ0v) is 15.2. The maximum absolute atomic E-state index is 16.2. The fraction of sp³-hybridized carbons (Fsp3) is 0.889. The summed E-state index contributed by atoms with van der Waals surface area (Å²) in [6.45, 7) is 12.6. The maximum Gasteiger partial charge on any atom is 0.161 e. The second kappa shape index (κ2) is 5.93. The van der Waals surface area contributed by atoms with E-state index >= 15 is 4.39 Å². The molecule has 1 aliphatic carbocycles. The Morgan fingerprint density at radius 1 is 1.09 bits per heavy atom. The predicted octanol–water partition coefficient (Wildman–Crippen LogP) is 5.14. The molecule has 0 aromatic carbocycles. The number of hydrogen-bond donors (Lipinski definition) is 0. The smallest absolute Gasteiger partial charge is 0.161 e. The van der Waals surface area contributed by atoms with Crippen molar-refractivity contribution in [2.45, 2.75) is 97.7 Å². The molecule has 1 aromatic rings. The van der Waals surface area contributed by atoms with Crippen molar-refractivity contribution in [1.82, 2.24) is 15.0 Å². The first-order valence-corrected chi connectivity index (χ1v) is 8.84. The Labute approximate surface area is 134 Å². The van der Waals surface area contributed by atoms with E-state index in [-0.39, 0.29) is 5.54 Å². The van der Waals surface area contributed by atoms with E-state index in [9.17, 15) is 0 Å². The summed E-state index contributed by atoms with van der Waals surface area (Å²) in [7, 11) is 0. The quantitative estimate of drug-likeness (QED) is 0.771. The van der Waals surface area contributed by atoms with Crippen molar-refractivity contribution in [3.8, 4) is 0 Å². The lowest BCUT2D eigenvalue weighted by Crippen LogP contribution is -2.40. The zero-order valence-electron chi connectivity index (χ0n) is 15.2. The van der Waals surface area contributed by atoms with Crippen LogP contribution in [0.25, 0.3) is 0 Å². The number of halogens is 1. The maximum atomic E-state index is 16.2. The van der Waals surface area contributed by atoms with Crippen LogP contribution in [0.1, 0.15) is 91.5 Å². The lowest BCUT2D eigenvalue weighted by atomic mass is 9.68. The fourth-order valence-corrected chi connectivity index (χ4v) is 3.37. The van der Waals surface area contributed by atoms with Crippen molar-refractivity contribution in [2.24, 2.45) is 5.41 Å². The van der Waals surface area contributed by atoms with Crippen LogP contribution in [0.15, 0.2) is 0 Å².